The van der Waals surface area contributed by atoms with Crippen molar-refractivity contribution in [2.75, 3.05) is 0 Å². The quantitative estimate of drug-likeness (QED) is 0.784. The first-order valence-electron chi connectivity index (χ1n) is 7.24. The highest BCUT2D eigenvalue weighted by Crippen LogP contribution is 2.33. The van der Waals surface area contributed by atoms with Crippen LogP contribution in [0.1, 0.15) is 37.3 Å². The molecule has 0 aromatic carbocycles. The smallest absolute Gasteiger partial charge is 0.251 e. The zero-order chi connectivity index (χ0) is 14.2. The van der Waals surface area contributed by atoms with Crippen molar-refractivity contribution in [1.29, 1.82) is 0 Å². The molecule has 5 heteroatoms. The van der Waals surface area contributed by atoms with Crippen molar-refractivity contribution in [3.05, 3.63) is 45.8 Å². The van der Waals surface area contributed by atoms with Crippen molar-refractivity contribution in [2.45, 2.75) is 31.6 Å². The summed E-state index contributed by atoms with van der Waals surface area (Å²) in [6.07, 6.45) is 6.52. The van der Waals surface area contributed by atoms with Crippen molar-refractivity contribution >= 4 is 21.6 Å². The Morgan fingerprint density at radius 1 is 1.24 bits per heavy atom. The number of thiophene rings is 1. The van der Waals surface area contributed by atoms with Gasteiger partial charge < -0.3 is 4.98 Å². The second kappa shape index (κ2) is 5.07. The Kier molecular flexibility index (Phi) is 3.07. The van der Waals surface area contributed by atoms with Gasteiger partial charge in [0.15, 0.2) is 0 Å². The van der Waals surface area contributed by atoms with E-state index in [1.165, 1.54) is 12.8 Å². The van der Waals surface area contributed by atoms with E-state index in [2.05, 4.69) is 15.0 Å². The summed E-state index contributed by atoms with van der Waals surface area (Å²) in [6.45, 7) is 0. The molecule has 1 N–H and O–H groups in total. The zero-order valence-electron chi connectivity index (χ0n) is 11.5. The molecule has 0 atom stereocenters. The molecular formula is C16H15N3OS. The summed E-state index contributed by atoms with van der Waals surface area (Å²) in [5, 5.41) is 2.02. The van der Waals surface area contributed by atoms with Crippen LogP contribution in [0.2, 0.25) is 0 Å². The average Bonchev–Trinajstić information content (AvgIpc) is 3.17. The van der Waals surface area contributed by atoms with Gasteiger partial charge in [0, 0.05) is 23.7 Å². The Labute approximate surface area is 125 Å². The molecular weight excluding hydrogens is 282 g/mol. The molecule has 0 saturated heterocycles. The topological polar surface area (TPSA) is 58.6 Å². The van der Waals surface area contributed by atoms with Crippen molar-refractivity contribution in [3.8, 4) is 11.4 Å². The Bertz CT molecular complexity index is 846. The number of fused-ring (bicyclic) bond motifs is 1. The molecule has 1 aliphatic rings. The van der Waals surface area contributed by atoms with E-state index >= 15 is 0 Å². The van der Waals surface area contributed by atoms with Crippen LogP contribution in [0.5, 0.6) is 0 Å². The van der Waals surface area contributed by atoms with E-state index < -0.39 is 0 Å². The lowest BCUT2D eigenvalue weighted by Crippen LogP contribution is -2.12. The number of rotatable bonds is 2. The number of nitrogens with one attached hydrogen (secondary N) is 1. The average molecular weight is 297 g/mol. The molecule has 0 bridgehead atoms. The Morgan fingerprint density at radius 2 is 2.10 bits per heavy atom. The molecule has 1 saturated carbocycles. The van der Waals surface area contributed by atoms with Gasteiger partial charge in [0.25, 0.3) is 5.56 Å². The predicted molar refractivity (Wildman–Crippen MR) is 84.7 cm³/mol. The molecule has 21 heavy (non-hydrogen) atoms. The minimum atomic E-state index is -0.0758. The van der Waals surface area contributed by atoms with E-state index in [9.17, 15) is 4.79 Å². The number of nitrogens with zero attached hydrogens (tertiary/aromatic N) is 2. The molecule has 0 radical (unpaired) electrons. The van der Waals surface area contributed by atoms with Crippen molar-refractivity contribution < 1.29 is 0 Å². The summed E-state index contributed by atoms with van der Waals surface area (Å²) in [7, 11) is 0. The summed E-state index contributed by atoms with van der Waals surface area (Å²) in [5.74, 6) is 1.07. The molecule has 0 spiro atoms. The second-order valence-corrected chi connectivity index (χ2v) is 6.48. The molecule has 4 rings (SSSR count). The summed E-state index contributed by atoms with van der Waals surface area (Å²) in [6, 6.07) is 5.69. The van der Waals surface area contributed by atoms with Crippen LogP contribution < -0.4 is 5.56 Å². The van der Waals surface area contributed by atoms with E-state index in [4.69, 9.17) is 0 Å². The van der Waals surface area contributed by atoms with Gasteiger partial charge in [-0.25, -0.2) is 4.98 Å². The number of H-pyrrole nitrogens is 1. The predicted octanol–water partition coefficient (Wildman–Crippen LogP) is 3.70. The first kappa shape index (κ1) is 12.7. The third kappa shape index (κ3) is 2.38. The first-order chi connectivity index (χ1) is 10.3. The Balaban J connectivity index is 1.81. The minimum absolute atomic E-state index is 0.0758. The number of hydrogen-bond donors (Lipinski definition) is 1. The van der Waals surface area contributed by atoms with Crippen LogP contribution in [0.3, 0.4) is 0 Å². The largest absolute Gasteiger partial charge is 0.306 e. The number of aromatic amines is 1. The lowest BCUT2D eigenvalue weighted by molar-refractivity contribution is 0.693. The highest BCUT2D eigenvalue weighted by molar-refractivity contribution is 7.17. The third-order valence-electron chi connectivity index (χ3n) is 4.11. The van der Waals surface area contributed by atoms with E-state index in [0.717, 1.165) is 34.3 Å². The molecule has 3 aromatic heterocycles. The Hall–Kier alpha value is -2.01. The SMILES string of the molecule is O=c1cc(C2CCCC2)nc(-c2cnc3ccsc3c2)[nH]1. The maximum Gasteiger partial charge on any atom is 0.251 e. The van der Waals surface area contributed by atoms with Crippen molar-refractivity contribution in [3.63, 3.8) is 0 Å². The van der Waals surface area contributed by atoms with Gasteiger partial charge in [0.2, 0.25) is 0 Å². The highest BCUT2D eigenvalue weighted by Gasteiger charge is 2.19. The first-order valence-corrected chi connectivity index (χ1v) is 8.12. The zero-order valence-corrected chi connectivity index (χ0v) is 12.3. The molecule has 0 unspecified atom stereocenters. The van der Waals surface area contributed by atoms with Crippen molar-refractivity contribution in [1.82, 2.24) is 15.0 Å². The second-order valence-electron chi connectivity index (χ2n) is 5.53. The molecule has 0 aliphatic heterocycles. The van der Waals surface area contributed by atoms with Crippen LogP contribution in [-0.2, 0) is 0 Å². The van der Waals surface area contributed by atoms with Crippen molar-refractivity contribution in [2.24, 2.45) is 0 Å². The Morgan fingerprint density at radius 3 is 2.95 bits per heavy atom. The minimum Gasteiger partial charge on any atom is -0.306 e. The lowest BCUT2D eigenvalue weighted by atomic mass is 10.0. The fraction of sp³-hybridized carbons (Fsp3) is 0.312. The van der Waals surface area contributed by atoms with Gasteiger partial charge in [-0.1, -0.05) is 12.8 Å². The van der Waals surface area contributed by atoms with E-state index in [0.29, 0.717) is 11.7 Å². The highest BCUT2D eigenvalue weighted by atomic mass is 32.1. The van der Waals surface area contributed by atoms with E-state index in [1.807, 2.05) is 17.5 Å². The number of pyridine rings is 1. The van der Waals surface area contributed by atoms with Gasteiger partial charge in [0.05, 0.1) is 15.9 Å². The third-order valence-corrected chi connectivity index (χ3v) is 4.96. The molecule has 1 aliphatic carbocycles. The summed E-state index contributed by atoms with van der Waals surface area (Å²) >= 11 is 1.65. The van der Waals surface area contributed by atoms with Gasteiger partial charge in [-0.2, -0.15) is 0 Å². The number of hydrogen-bond acceptors (Lipinski definition) is 4. The molecule has 1 fully saturated rings. The van der Waals surface area contributed by atoms with Crippen LogP contribution in [0.4, 0.5) is 0 Å². The monoisotopic (exact) mass is 297 g/mol. The van der Waals surface area contributed by atoms with Gasteiger partial charge >= 0.3 is 0 Å². The van der Waals surface area contributed by atoms with Crippen LogP contribution in [0.25, 0.3) is 21.6 Å². The van der Waals surface area contributed by atoms with Crippen LogP contribution >= 0.6 is 11.3 Å². The van der Waals surface area contributed by atoms with E-state index in [-0.39, 0.29) is 5.56 Å². The van der Waals surface area contributed by atoms with E-state index in [1.54, 1.807) is 23.6 Å². The summed E-state index contributed by atoms with van der Waals surface area (Å²) < 4.78 is 1.11. The standard InChI is InChI=1S/C16H15N3OS/c20-15-8-13(10-3-1-2-4-10)18-16(19-15)11-7-14-12(17-9-11)5-6-21-14/h5-10H,1-4H2,(H,18,19,20). The molecule has 106 valence electrons. The summed E-state index contributed by atoms with van der Waals surface area (Å²) in [4.78, 5) is 23.9. The molecule has 0 amide bonds. The van der Waals surface area contributed by atoms with Crippen LogP contribution in [-0.4, -0.2) is 15.0 Å². The lowest BCUT2D eigenvalue weighted by Gasteiger charge is -2.09. The normalized spacial score (nSPS) is 15.8. The van der Waals surface area contributed by atoms with Gasteiger partial charge in [-0.05, 0) is 30.4 Å². The fourth-order valence-corrected chi connectivity index (χ4v) is 3.80. The van der Waals surface area contributed by atoms with Gasteiger partial charge in [0.1, 0.15) is 5.82 Å². The van der Waals surface area contributed by atoms with Gasteiger partial charge in [-0.3, -0.25) is 9.78 Å². The summed E-state index contributed by atoms with van der Waals surface area (Å²) in [5.41, 5.74) is 2.71. The van der Waals surface area contributed by atoms with Crippen LogP contribution in [0.15, 0.2) is 34.6 Å². The maximum atomic E-state index is 11.9. The molecule has 4 nitrogen and oxygen atoms in total. The maximum absolute atomic E-state index is 11.9. The molecule has 3 heterocycles. The van der Waals surface area contributed by atoms with Crippen LogP contribution in [0, 0.1) is 0 Å². The molecule has 3 aromatic rings. The number of aromatic nitrogens is 3. The fourth-order valence-electron chi connectivity index (χ4n) is 3.02. The van der Waals surface area contributed by atoms with Gasteiger partial charge in [-0.15, -0.1) is 11.3 Å².